The molecule has 0 bridgehead atoms. The summed E-state index contributed by atoms with van der Waals surface area (Å²) >= 11 is 0. The van der Waals surface area contributed by atoms with Crippen LogP contribution >= 0.6 is 15.8 Å². The van der Waals surface area contributed by atoms with Crippen molar-refractivity contribution in [3.63, 3.8) is 0 Å². The monoisotopic (exact) mass is 522 g/mol. The Hall–Kier alpha value is -1.88. The van der Waals surface area contributed by atoms with Crippen LogP contribution in [0.15, 0.2) is 60.7 Å². The van der Waals surface area contributed by atoms with Crippen molar-refractivity contribution in [2.75, 3.05) is 14.2 Å². The first-order valence-electron chi connectivity index (χ1n) is 13.1. The Morgan fingerprint density at radius 1 is 0.472 bits per heavy atom. The Morgan fingerprint density at radius 2 is 0.778 bits per heavy atom. The molecule has 0 atom stereocenters. The number of hydrogen-bond acceptors (Lipinski definition) is 2. The maximum atomic E-state index is 6.07. The van der Waals surface area contributed by atoms with Crippen LogP contribution in [-0.4, -0.2) is 36.9 Å². The van der Waals surface area contributed by atoms with Crippen molar-refractivity contribution in [3.05, 3.63) is 60.7 Å². The summed E-state index contributed by atoms with van der Waals surface area (Å²) in [4.78, 5) is 0. The highest BCUT2D eigenvalue weighted by Gasteiger charge is 2.26. The van der Waals surface area contributed by atoms with Crippen molar-refractivity contribution in [2.45, 2.75) is 78.0 Å². The molecule has 0 unspecified atom stereocenters. The average Bonchev–Trinajstić information content (AvgIpc) is 2.83. The number of hydrogen-bond donors (Lipinski definition) is 0. The first kappa shape index (κ1) is 28.7. The molecule has 0 saturated carbocycles. The van der Waals surface area contributed by atoms with Crippen molar-refractivity contribution in [1.29, 1.82) is 0 Å². The van der Waals surface area contributed by atoms with E-state index in [0.717, 1.165) is 22.6 Å². The van der Waals surface area contributed by atoms with E-state index in [2.05, 4.69) is 116 Å². The van der Waals surface area contributed by atoms with E-state index in [1.807, 2.05) is 0 Å². The van der Waals surface area contributed by atoms with Crippen molar-refractivity contribution in [1.82, 2.24) is 0 Å². The molecule has 0 heterocycles. The third kappa shape index (κ3) is 5.98. The minimum Gasteiger partial charge on any atom is -0.496 e. The van der Waals surface area contributed by atoms with Crippen molar-refractivity contribution >= 4 is 26.5 Å². The first-order valence-corrected chi connectivity index (χ1v) is 16.1. The van der Waals surface area contributed by atoms with E-state index >= 15 is 0 Å². The molecule has 0 amide bonds. The highest BCUT2D eigenvalue weighted by Crippen LogP contribution is 2.51. The molecule has 0 aliphatic rings. The van der Waals surface area contributed by atoms with Crippen molar-refractivity contribution in [2.24, 2.45) is 0 Å². The maximum Gasteiger partial charge on any atom is 0.127 e. The molecule has 4 heteroatoms. The molecule has 0 saturated heterocycles. The second-order valence-corrected chi connectivity index (χ2v) is 17.2. The van der Waals surface area contributed by atoms with Gasteiger partial charge in [0.1, 0.15) is 11.5 Å². The Morgan fingerprint density at radius 3 is 1.06 bits per heavy atom. The number of methoxy groups -OCH3 is 2. The molecular formula is C32H44O2P2. The topological polar surface area (TPSA) is 18.5 Å². The van der Waals surface area contributed by atoms with Gasteiger partial charge in [-0.15, -0.1) is 0 Å². The lowest BCUT2D eigenvalue weighted by Gasteiger charge is -2.30. The molecule has 0 spiro atoms. The lowest BCUT2D eigenvalue weighted by molar-refractivity contribution is 0.406. The van der Waals surface area contributed by atoms with Gasteiger partial charge in [-0.2, -0.15) is 0 Å². The molecule has 194 valence electrons. The van der Waals surface area contributed by atoms with Gasteiger partial charge in [-0.1, -0.05) is 120 Å². The Balaban J connectivity index is 2.28. The zero-order chi connectivity index (χ0) is 26.6. The van der Waals surface area contributed by atoms with E-state index in [4.69, 9.17) is 9.47 Å². The van der Waals surface area contributed by atoms with Crippen LogP contribution in [0.4, 0.5) is 0 Å². The van der Waals surface area contributed by atoms with E-state index in [1.165, 1.54) is 21.7 Å². The van der Waals surface area contributed by atoms with Crippen LogP contribution in [-0.2, 0) is 0 Å². The summed E-state index contributed by atoms with van der Waals surface area (Å²) in [6, 6.07) is 22.1. The molecule has 0 fully saturated rings. The fraction of sp³-hybridized carbons (Fsp3) is 0.438. The molecule has 0 radical (unpaired) electrons. The highest BCUT2D eigenvalue weighted by molar-refractivity contribution is 7.67. The SMILES string of the molecule is COc1cc(-c2ccccc2P(C(C)C)C(C)C)c(OC)cc1-c1ccccc1P(C(C)C)C(C)C. The van der Waals surface area contributed by atoms with Crippen LogP contribution in [0.25, 0.3) is 22.3 Å². The standard InChI is InChI=1S/C32H44O2P2/c1-21(2)35(22(3)4)31-17-13-11-15-25(31)27-19-30(34-10)28(20-29(27)33-9)26-16-12-14-18-32(26)36(23(5)6)24(7)8/h11-24H,1-10H3. The number of ether oxygens (including phenoxy) is 2. The molecule has 36 heavy (non-hydrogen) atoms. The zero-order valence-electron chi connectivity index (χ0n) is 23.8. The molecule has 0 aliphatic heterocycles. The quantitative estimate of drug-likeness (QED) is 0.248. The molecular weight excluding hydrogens is 478 g/mol. The van der Waals surface area contributed by atoms with Crippen LogP contribution < -0.4 is 20.1 Å². The summed E-state index contributed by atoms with van der Waals surface area (Å²) in [7, 11) is 2.92. The van der Waals surface area contributed by atoms with Crippen LogP contribution in [0.3, 0.4) is 0 Å². The third-order valence-corrected chi connectivity index (χ3v) is 13.0. The summed E-state index contributed by atoms with van der Waals surface area (Å²) < 4.78 is 12.1. The van der Waals surface area contributed by atoms with Gasteiger partial charge in [0.2, 0.25) is 0 Å². The molecule has 0 aromatic heterocycles. The van der Waals surface area contributed by atoms with Gasteiger partial charge in [-0.05, 0) is 56.5 Å². The van der Waals surface area contributed by atoms with Gasteiger partial charge in [0.15, 0.2) is 0 Å². The lowest BCUT2D eigenvalue weighted by Crippen LogP contribution is -2.18. The number of rotatable bonds is 10. The van der Waals surface area contributed by atoms with Gasteiger partial charge in [-0.3, -0.25) is 0 Å². The summed E-state index contributed by atoms with van der Waals surface area (Å²) in [6.45, 7) is 18.8. The van der Waals surface area contributed by atoms with Crippen LogP contribution in [0, 0.1) is 0 Å². The second-order valence-electron chi connectivity index (χ2n) is 10.5. The minimum absolute atomic E-state index is 0.323. The highest BCUT2D eigenvalue weighted by atomic mass is 31.1. The molecule has 2 nitrogen and oxygen atoms in total. The van der Waals surface area contributed by atoms with Gasteiger partial charge >= 0.3 is 0 Å². The largest absolute Gasteiger partial charge is 0.496 e. The van der Waals surface area contributed by atoms with E-state index in [0.29, 0.717) is 22.6 Å². The molecule has 3 aromatic rings. The third-order valence-electron chi connectivity index (χ3n) is 6.69. The van der Waals surface area contributed by atoms with Gasteiger partial charge in [0.25, 0.3) is 0 Å². The van der Waals surface area contributed by atoms with Crippen molar-refractivity contribution < 1.29 is 9.47 Å². The van der Waals surface area contributed by atoms with E-state index < -0.39 is 0 Å². The van der Waals surface area contributed by atoms with Crippen LogP contribution in [0.1, 0.15) is 55.4 Å². The lowest BCUT2D eigenvalue weighted by atomic mass is 9.97. The van der Waals surface area contributed by atoms with Crippen LogP contribution in [0.2, 0.25) is 0 Å². The fourth-order valence-corrected chi connectivity index (χ4v) is 11.6. The Bertz CT molecular complexity index is 1040. The van der Waals surface area contributed by atoms with Gasteiger partial charge in [-0.25, -0.2) is 0 Å². The van der Waals surface area contributed by atoms with Gasteiger partial charge in [0.05, 0.1) is 14.2 Å². The molecule has 0 N–H and O–H groups in total. The molecule has 3 aromatic carbocycles. The van der Waals surface area contributed by atoms with Gasteiger partial charge in [0, 0.05) is 11.1 Å². The predicted molar refractivity (Wildman–Crippen MR) is 164 cm³/mol. The smallest absolute Gasteiger partial charge is 0.127 e. The molecule has 0 aliphatic carbocycles. The zero-order valence-corrected chi connectivity index (χ0v) is 25.6. The minimum atomic E-state index is -0.323. The average molecular weight is 523 g/mol. The van der Waals surface area contributed by atoms with Crippen LogP contribution in [0.5, 0.6) is 11.5 Å². The van der Waals surface area contributed by atoms with Gasteiger partial charge < -0.3 is 9.47 Å². The fourth-order valence-electron chi connectivity index (χ4n) is 5.48. The Labute approximate surface area is 222 Å². The summed E-state index contributed by atoms with van der Waals surface area (Å²) in [5.41, 5.74) is 7.14. The van der Waals surface area contributed by atoms with E-state index in [-0.39, 0.29) is 15.8 Å². The molecule has 3 rings (SSSR count). The summed E-state index contributed by atoms with van der Waals surface area (Å²) in [5, 5.41) is 2.88. The summed E-state index contributed by atoms with van der Waals surface area (Å²) in [6.07, 6.45) is 0. The van der Waals surface area contributed by atoms with E-state index in [1.54, 1.807) is 14.2 Å². The van der Waals surface area contributed by atoms with Crippen molar-refractivity contribution in [3.8, 4) is 33.8 Å². The first-order chi connectivity index (χ1) is 17.1. The normalized spacial score (nSPS) is 12.0. The second kappa shape index (κ2) is 12.6. The number of benzene rings is 3. The van der Waals surface area contributed by atoms with E-state index in [9.17, 15) is 0 Å². The maximum absolute atomic E-state index is 6.07. The predicted octanol–water partition coefficient (Wildman–Crippen LogP) is 8.89. The Kier molecular flexibility index (Phi) is 10.0. The summed E-state index contributed by atoms with van der Waals surface area (Å²) in [5.74, 6) is 1.79.